The predicted octanol–water partition coefficient (Wildman–Crippen LogP) is 6.63. The number of thioether (sulfide) groups is 1. The molecule has 1 aliphatic carbocycles. The predicted molar refractivity (Wildman–Crippen MR) is 132 cm³/mol. The molecule has 1 atom stereocenters. The summed E-state index contributed by atoms with van der Waals surface area (Å²) in [7, 11) is 0. The fraction of sp³-hybridized carbons (Fsp3) is 0.259. The summed E-state index contributed by atoms with van der Waals surface area (Å²) < 4.78 is 0. The van der Waals surface area contributed by atoms with Gasteiger partial charge in [-0.05, 0) is 60.2 Å². The molecule has 2 amide bonds. The molecular formula is C27H28N2O2S. The molecule has 0 saturated heterocycles. The minimum absolute atomic E-state index is 0.0779. The van der Waals surface area contributed by atoms with E-state index < -0.39 is 5.25 Å². The Hall–Kier alpha value is -3.05. The van der Waals surface area contributed by atoms with Gasteiger partial charge in [0.1, 0.15) is 5.25 Å². The molecule has 32 heavy (non-hydrogen) atoms. The molecule has 1 unspecified atom stereocenters. The molecule has 0 aliphatic heterocycles. The first-order chi connectivity index (χ1) is 15.5. The van der Waals surface area contributed by atoms with Gasteiger partial charge in [-0.3, -0.25) is 9.59 Å². The number of anilines is 2. The maximum atomic E-state index is 13.3. The van der Waals surface area contributed by atoms with Gasteiger partial charge < -0.3 is 10.6 Å². The Morgan fingerprint density at radius 2 is 1.53 bits per heavy atom. The van der Waals surface area contributed by atoms with Gasteiger partial charge in [-0.1, -0.05) is 62.4 Å². The van der Waals surface area contributed by atoms with Crippen molar-refractivity contribution < 1.29 is 9.59 Å². The van der Waals surface area contributed by atoms with Crippen LogP contribution in [0.5, 0.6) is 0 Å². The molecule has 1 saturated carbocycles. The Balaban J connectivity index is 1.52. The van der Waals surface area contributed by atoms with Gasteiger partial charge in [0.2, 0.25) is 11.8 Å². The van der Waals surface area contributed by atoms with Crippen molar-refractivity contribution in [1.82, 2.24) is 0 Å². The van der Waals surface area contributed by atoms with Crippen molar-refractivity contribution in [2.45, 2.75) is 42.8 Å². The fourth-order valence-electron chi connectivity index (χ4n) is 3.43. The topological polar surface area (TPSA) is 58.2 Å². The summed E-state index contributed by atoms with van der Waals surface area (Å²) in [6, 6.07) is 25.5. The number of nitrogens with one attached hydrogen (secondary N) is 2. The lowest BCUT2D eigenvalue weighted by Crippen LogP contribution is -2.19. The summed E-state index contributed by atoms with van der Waals surface area (Å²) in [5, 5.41) is 5.63. The first-order valence-corrected chi connectivity index (χ1v) is 11.9. The van der Waals surface area contributed by atoms with Crippen molar-refractivity contribution in [3.05, 3.63) is 90.0 Å². The maximum Gasteiger partial charge on any atom is 0.242 e. The van der Waals surface area contributed by atoms with Crippen LogP contribution in [-0.2, 0) is 9.59 Å². The summed E-state index contributed by atoms with van der Waals surface area (Å²) in [5.74, 6) is 0.594. The summed E-state index contributed by atoms with van der Waals surface area (Å²) in [5.41, 5.74) is 3.72. The third-order valence-corrected chi connectivity index (χ3v) is 6.74. The Bertz CT molecular complexity index is 1080. The van der Waals surface area contributed by atoms with E-state index in [0.29, 0.717) is 5.92 Å². The van der Waals surface area contributed by atoms with Crippen LogP contribution in [0.3, 0.4) is 0 Å². The van der Waals surface area contributed by atoms with Gasteiger partial charge in [-0.2, -0.15) is 0 Å². The molecule has 0 spiro atoms. The van der Waals surface area contributed by atoms with Crippen molar-refractivity contribution in [3.8, 4) is 0 Å². The minimum Gasteiger partial charge on any atom is -0.326 e. The van der Waals surface area contributed by atoms with Gasteiger partial charge in [0.15, 0.2) is 0 Å². The number of amides is 2. The van der Waals surface area contributed by atoms with Crippen LogP contribution in [0.15, 0.2) is 83.8 Å². The van der Waals surface area contributed by atoms with E-state index >= 15 is 0 Å². The second-order valence-electron chi connectivity index (χ2n) is 8.47. The Kier molecular flexibility index (Phi) is 6.96. The van der Waals surface area contributed by atoms with E-state index in [1.807, 2.05) is 66.7 Å². The zero-order chi connectivity index (χ0) is 22.5. The second-order valence-corrected chi connectivity index (χ2v) is 9.64. The average molecular weight is 445 g/mol. The number of carbonyl (C=O) groups is 2. The van der Waals surface area contributed by atoms with Gasteiger partial charge in [-0.15, -0.1) is 11.8 Å². The third kappa shape index (κ3) is 5.80. The van der Waals surface area contributed by atoms with Crippen molar-refractivity contribution in [2.24, 2.45) is 5.92 Å². The van der Waals surface area contributed by atoms with Crippen LogP contribution in [0.2, 0.25) is 0 Å². The SMILES string of the molecule is CC(C)c1ccc(NC(=O)C(Sc2cccc(NC(=O)C3CC3)c2)c2ccccc2)cc1. The van der Waals surface area contributed by atoms with Gasteiger partial charge in [0.25, 0.3) is 0 Å². The molecule has 1 aliphatic rings. The molecular weight excluding hydrogens is 416 g/mol. The first kappa shape index (κ1) is 22.2. The van der Waals surface area contributed by atoms with Crippen LogP contribution in [0.4, 0.5) is 11.4 Å². The van der Waals surface area contributed by atoms with E-state index in [9.17, 15) is 9.59 Å². The van der Waals surface area contributed by atoms with Crippen LogP contribution in [0.25, 0.3) is 0 Å². The normalized spacial score (nSPS) is 14.1. The second kappa shape index (κ2) is 10.0. The number of hydrogen-bond donors (Lipinski definition) is 2. The number of carbonyl (C=O) groups excluding carboxylic acids is 2. The molecule has 2 N–H and O–H groups in total. The van der Waals surface area contributed by atoms with Crippen LogP contribution in [0.1, 0.15) is 49.0 Å². The number of benzene rings is 3. The minimum atomic E-state index is -0.421. The van der Waals surface area contributed by atoms with E-state index in [1.165, 1.54) is 17.3 Å². The van der Waals surface area contributed by atoms with Crippen molar-refractivity contribution in [1.29, 1.82) is 0 Å². The fourth-order valence-corrected chi connectivity index (χ4v) is 4.52. The van der Waals surface area contributed by atoms with E-state index in [0.717, 1.165) is 34.7 Å². The maximum absolute atomic E-state index is 13.3. The largest absolute Gasteiger partial charge is 0.326 e. The van der Waals surface area contributed by atoms with E-state index in [1.54, 1.807) is 0 Å². The monoisotopic (exact) mass is 444 g/mol. The zero-order valence-electron chi connectivity index (χ0n) is 18.4. The molecule has 4 nitrogen and oxygen atoms in total. The Morgan fingerprint density at radius 3 is 2.19 bits per heavy atom. The molecule has 0 radical (unpaired) electrons. The standard InChI is InChI=1S/C27H28N2O2S/c1-18(2)19-13-15-22(16-14-19)28-27(31)25(20-7-4-3-5-8-20)32-24-10-6-9-23(17-24)29-26(30)21-11-12-21/h3-10,13-18,21,25H,11-12H2,1-2H3,(H,28,31)(H,29,30). The van der Waals surface area contributed by atoms with Gasteiger partial charge in [-0.25, -0.2) is 0 Å². The number of rotatable bonds is 8. The molecule has 5 heteroatoms. The van der Waals surface area contributed by atoms with Crippen LogP contribution in [-0.4, -0.2) is 11.8 Å². The Labute approximate surface area is 193 Å². The molecule has 0 bridgehead atoms. The third-order valence-electron chi connectivity index (χ3n) is 5.49. The highest BCUT2D eigenvalue weighted by Gasteiger charge is 2.29. The molecule has 164 valence electrons. The number of hydrogen-bond acceptors (Lipinski definition) is 3. The molecule has 0 heterocycles. The van der Waals surface area contributed by atoms with Gasteiger partial charge in [0, 0.05) is 22.2 Å². The molecule has 3 aromatic rings. The van der Waals surface area contributed by atoms with Gasteiger partial charge in [0.05, 0.1) is 0 Å². The summed E-state index contributed by atoms with van der Waals surface area (Å²) >= 11 is 1.48. The van der Waals surface area contributed by atoms with Crippen LogP contribution >= 0.6 is 11.8 Å². The lowest BCUT2D eigenvalue weighted by molar-refractivity contribution is -0.117. The quantitative estimate of drug-likeness (QED) is 0.383. The highest BCUT2D eigenvalue weighted by atomic mass is 32.2. The molecule has 1 fully saturated rings. The van der Waals surface area contributed by atoms with E-state index in [4.69, 9.17) is 0 Å². The molecule has 0 aromatic heterocycles. The summed E-state index contributed by atoms with van der Waals surface area (Å²) in [6.45, 7) is 4.30. The molecule has 3 aromatic carbocycles. The van der Waals surface area contributed by atoms with E-state index in [-0.39, 0.29) is 17.7 Å². The Morgan fingerprint density at radius 1 is 0.812 bits per heavy atom. The average Bonchev–Trinajstić information content (AvgIpc) is 3.64. The zero-order valence-corrected chi connectivity index (χ0v) is 19.2. The summed E-state index contributed by atoms with van der Waals surface area (Å²) in [4.78, 5) is 26.3. The lowest BCUT2D eigenvalue weighted by atomic mass is 10.0. The molecule has 4 rings (SSSR count). The van der Waals surface area contributed by atoms with Crippen molar-refractivity contribution in [2.75, 3.05) is 10.6 Å². The van der Waals surface area contributed by atoms with Gasteiger partial charge >= 0.3 is 0 Å². The highest BCUT2D eigenvalue weighted by molar-refractivity contribution is 8.00. The first-order valence-electron chi connectivity index (χ1n) is 11.0. The van der Waals surface area contributed by atoms with E-state index in [2.05, 4.69) is 36.6 Å². The smallest absolute Gasteiger partial charge is 0.242 e. The van der Waals surface area contributed by atoms with Crippen molar-refractivity contribution >= 4 is 35.0 Å². The van der Waals surface area contributed by atoms with Crippen molar-refractivity contribution in [3.63, 3.8) is 0 Å². The van der Waals surface area contributed by atoms with Crippen LogP contribution < -0.4 is 10.6 Å². The highest BCUT2D eigenvalue weighted by Crippen LogP contribution is 2.37. The summed E-state index contributed by atoms with van der Waals surface area (Å²) in [6.07, 6.45) is 1.93. The van der Waals surface area contributed by atoms with Crippen LogP contribution in [0, 0.1) is 5.92 Å². The lowest BCUT2D eigenvalue weighted by Gasteiger charge is -2.18.